The van der Waals surface area contributed by atoms with Gasteiger partial charge in [-0.1, -0.05) is 13.8 Å². The van der Waals surface area contributed by atoms with Crippen LogP contribution in [-0.2, 0) is 0 Å². The molecule has 18 heavy (non-hydrogen) atoms. The Morgan fingerprint density at radius 1 is 1.28 bits per heavy atom. The molecule has 1 N–H and O–H groups in total. The van der Waals surface area contributed by atoms with Gasteiger partial charge in [0.05, 0.1) is 0 Å². The van der Waals surface area contributed by atoms with Crippen LogP contribution in [0.1, 0.15) is 20.3 Å². The molecular formula is C11H19N7. The van der Waals surface area contributed by atoms with Gasteiger partial charge in [-0.3, -0.25) is 0 Å². The van der Waals surface area contributed by atoms with Crippen LogP contribution in [0.15, 0.2) is 12.1 Å². The number of nitrogens with zero attached hydrogens (tertiary/aromatic N) is 6. The van der Waals surface area contributed by atoms with Crippen LogP contribution in [0.3, 0.4) is 0 Å². The van der Waals surface area contributed by atoms with Gasteiger partial charge in [0.15, 0.2) is 5.65 Å². The minimum atomic E-state index is 0.656. The molecule has 2 aromatic rings. The van der Waals surface area contributed by atoms with E-state index in [4.69, 9.17) is 0 Å². The van der Waals surface area contributed by atoms with Crippen molar-refractivity contribution in [3.63, 3.8) is 0 Å². The lowest BCUT2D eigenvalue weighted by Gasteiger charge is -2.17. The lowest BCUT2D eigenvalue weighted by Crippen LogP contribution is -2.25. The number of aromatic nitrogens is 5. The maximum atomic E-state index is 4.25. The fourth-order valence-electron chi connectivity index (χ4n) is 1.80. The molecule has 0 spiro atoms. The highest BCUT2D eigenvalue weighted by molar-refractivity contribution is 5.41. The van der Waals surface area contributed by atoms with E-state index >= 15 is 0 Å². The highest BCUT2D eigenvalue weighted by atomic mass is 15.6. The summed E-state index contributed by atoms with van der Waals surface area (Å²) in [6.45, 7) is 8.58. The molecule has 0 saturated carbocycles. The highest BCUT2D eigenvalue weighted by Gasteiger charge is 2.01. The van der Waals surface area contributed by atoms with Crippen molar-refractivity contribution in [2.45, 2.75) is 20.3 Å². The lowest BCUT2D eigenvalue weighted by molar-refractivity contribution is 0.303. The van der Waals surface area contributed by atoms with E-state index in [1.165, 1.54) is 4.63 Å². The fourth-order valence-corrected chi connectivity index (χ4v) is 1.80. The minimum absolute atomic E-state index is 0.656. The van der Waals surface area contributed by atoms with E-state index in [9.17, 15) is 0 Å². The average molecular weight is 249 g/mol. The number of rotatable bonds is 7. The molecule has 0 bridgehead atoms. The second-order valence-electron chi connectivity index (χ2n) is 4.05. The Bertz CT molecular complexity index is 477. The van der Waals surface area contributed by atoms with Crippen molar-refractivity contribution in [3.8, 4) is 0 Å². The average Bonchev–Trinajstić information content (AvgIpc) is 2.86. The summed E-state index contributed by atoms with van der Waals surface area (Å²) in [5, 5.41) is 18.6. The first-order chi connectivity index (χ1) is 8.83. The molecule has 0 saturated heterocycles. The predicted octanol–water partition coefficient (Wildman–Crippen LogP) is 0.663. The van der Waals surface area contributed by atoms with Crippen molar-refractivity contribution in [2.75, 3.05) is 31.5 Å². The second kappa shape index (κ2) is 6.25. The van der Waals surface area contributed by atoms with Gasteiger partial charge in [0.2, 0.25) is 0 Å². The summed E-state index contributed by atoms with van der Waals surface area (Å²) in [6.07, 6.45) is 1.09. The molecular weight excluding hydrogens is 230 g/mol. The monoisotopic (exact) mass is 249 g/mol. The minimum Gasteiger partial charge on any atom is -0.369 e. The van der Waals surface area contributed by atoms with E-state index in [0.717, 1.165) is 38.4 Å². The fraction of sp³-hybridized carbons (Fsp3) is 0.636. The summed E-state index contributed by atoms with van der Waals surface area (Å²) in [5.74, 6) is 0.800. The topological polar surface area (TPSA) is 71.2 Å². The predicted molar refractivity (Wildman–Crippen MR) is 69.5 cm³/mol. The molecule has 2 heterocycles. The molecule has 0 aliphatic heterocycles. The molecule has 0 radical (unpaired) electrons. The van der Waals surface area contributed by atoms with Gasteiger partial charge in [0, 0.05) is 6.54 Å². The van der Waals surface area contributed by atoms with Crippen LogP contribution in [0, 0.1) is 0 Å². The third-order valence-corrected chi connectivity index (χ3v) is 2.92. The molecule has 0 amide bonds. The van der Waals surface area contributed by atoms with Gasteiger partial charge in [-0.15, -0.1) is 14.8 Å². The molecule has 0 fully saturated rings. The Hall–Kier alpha value is -1.76. The number of hydrogen-bond donors (Lipinski definition) is 1. The van der Waals surface area contributed by atoms with Crippen LogP contribution >= 0.6 is 0 Å². The van der Waals surface area contributed by atoms with Crippen molar-refractivity contribution in [3.05, 3.63) is 12.1 Å². The Balaban J connectivity index is 1.79. The Labute approximate surface area is 106 Å². The molecule has 0 aliphatic rings. The third kappa shape index (κ3) is 3.13. The van der Waals surface area contributed by atoms with Crippen LogP contribution in [0.5, 0.6) is 0 Å². The number of fused-ring (bicyclic) bond motifs is 1. The third-order valence-electron chi connectivity index (χ3n) is 2.92. The summed E-state index contributed by atoms with van der Waals surface area (Å²) < 4.78 is 1.42. The van der Waals surface area contributed by atoms with Crippen LogP contribution in [-0.4, -0.2) is 56.3 Å². The van der Waals surface area contributed by atoms with Gasteiger partial charge < -0.3 is 10.2 Å². The van der Waals surface area contributed by atoms with Gasteiger partial charge >= 0.3 is 0 Å². The molecule has 7 nitrogen and oxygen atoms in total. The molecule has 0 aliphatic carbocycles. The first-order valence-corrected chi connectivity index (χ1v) is 6.35. The zero-order chi connectivity index (χ0) is 12.8. The maximum Gasteiger partial charge on any atom is 0.200 e. The molecule has 98 valence electrons. The van der Waals surface area contributed by atoms with Crippen LogP contribution < -0.4 is 5.32 Å². The standard InChI is InChI=1S/C11H19N7/c1-3-17(4-2)9-5-8-12-10-6-7-11-13-15-16-18(11)14-10/h6-7H,3-5,8-9H2,1-2H3,(H,12,14). The number of nitrogens with one attached hydrogen (secondary N) is 1. The first-order valence-electron chi connectivity index (χ1n) is 6.35. The summed E-state index contributed by atoms with van der Waals surface area (Å²) in [4.78, 5) is 2.40. The highest BCUT2D eigenvalue weighted by Crippen LogP contribution is 2.03. The van der Waals surface area contributed by atoms with E-state index in [0.29, 0.717) is 5.65 Å². The van der Waals surface area contributed by atoms with Gasteiger partial charge in [-0.2, -0.15) is 0 Å². The number of hydrogen-bond acceptors (Lipinski definition) is 6. The molecule has 0 unspecified atom stereocenters. The van der Waals surface area contributed by atoms with Crippen LogP contribution in [0.25, 0.3) is 5.65 Å². The van der Waals surface area contributed by atoms with Crippen molar-refractivity contribution in [1.82, 2.24) is 30.2 Å². The van der Waals surface area contributed by atoms with Crippen molar-refractivity contribution in [2.24, 2.45) is 0 Å². The zero-order valence-electron chi connectivity index (χ0n) is 10.9. The summed E-state index contributed by atoms with van der Waals surface area (Å²) in [7, 11) is 0. The Kier molecular flexibility index (Phi) is 4.40. The van der Waals surface area contributed by atoms with E-state index in [1.54, 1.807) is 0 Å². The molecule has 0 atom stereocenters. The van der Waals surface area contributed by atoms with Gasteiger partial charge in [0.25, 0.3) is 0 Å². The molecule has 2 rings (SSSR count). The second-order valence-corrected chi connectivity index (χ2v) is 4.05. The Morgan fingerprint density at radius 2 is 2.11 bits per heavy atom. The number of anilines is 1. The number of tetrazole rings is 1. The quantitative estimate of drug-likeness (QED) is 0.727. The van der Waals surface area contributed by atoms with Crippen molar-refractivity contribution in [1.29, 1.82) is 0 Å². The zero-order valence-corrected chi connectivity index (χ0v) is 10.9. The van der Waals surface area contributed by atoms with Crippen LogP contribution in [0.4, 0.5) is 5.82 Å². The summed E-state index contributed by atoms with van der Waals surface area (Å²) >= 11 is 0. The smallest absolute Gasteiger partial charge is 0.200 e. The molecule has 2 aromatic heterocycles. The molecule has 7 heteroatoms. The van der Waals surface area contributed by atoms with E-state index in [1.807, 2.05) is 12.1 Å². The van der Waals surface area contributed by atoms with Gasteiger partial charge in [-0.25, -0.2) is 0 Å². The lowest BCUT2D eigenvalue weighted by atomic mass is 10.3. The summed E-state index contributed by atoms with van der Waals surface area (Å²) in [6, 6.07) is 3.74. The summed E-state index contributed by atoms with van der Waals surface area (Å²) in [5.41, 5.74) is 0.656. The first kappa shape index (κ1) is 12.7. The largest absolute Gasteiger partial charge is 0.369 e. The SMILES string of the molecule is CCN(CC)CCCNc1ccc2nnnn2n1. The van der Waals surface area contributed by atoms with Crippen molar-refractivity contribution >= 4 is 11.5 Å². The van der Waals surface area contributed by atoms with Gasteiger partial charge in [0.1, 0.15) is 5.82 Å². The van der Waals surface area contributed by atoms with Gasteiger partial charge in [-0.05, 0) is 48.6 Å². The Morgan fingerprint density at radius 3 is 2.89 bits per heavy atom. The van der Waals surface area contributed by atoms with E-state index < -0.39 is 0 Å². The van der Waals surface area contributed by atoms with Crippen LogP contribution in [0.2, 0.25) is 0 Å². The van der Waals surface area contributed by atoms with E-state index in [-0.39, 0.29) is 0 Å². The molecule has 0 aromatic carbocycles. The van der Waals surface area contributed by atoms with Crippen molar-refractivity contribution < 1.29 is 0 Å². The van der Waals surface area contributed by atoms with E-state index in [2.05, 4.69) is 44.7 Å². The maximum absolute atomic E-state index is 4.25. The normalized spacial score (nSPS) is 11.3.